The van der Waals surface area contributed by atoms with Crippen molar-refractivity contribution in [2.75, 3.05) is 32.9 Å². The van der Waals surface area contributed by atoms with E-state index in [4.69, 9.17) is 14.2 Å². The van der Waals surface area contributed by atoms with Crippen LogP contribution in [0.2, 0.25) is 0 Å². The fraction of sp³-hybridized carbons (Fsp3) is 0.526. The van der Waals surface area contributed by atoms with Crippen molar-refractivity contribution in [1.29, 1.82) is 0 Å². The molecule has 0 aliphatic carbocycles. The van der Waals surface area contributed by atoms with E-state index in [1.165, 1.54) is 11.1 Å². The maximum Gasteiger partial charge on any atom is 0.161 e. The Labute approximate surface area is 148 Å². The highest BCUT2D eigenvalue weighted by molar-refractivity contribution is 5.47. The molecule has 134 valence electrons. The summed E-state index contributed by atoms with van der Waals surface area (Å²) in [6.07, 6.45) is 5.02. The molecule has 0 spiro atoms. The lowest BCUT2D eigenvalue weighted by Crippen LogP contribution is -2.34. The van der Waals surface area contributed by atoms with Crippen molar-refractivity contribution >= 4 is 0 Å². The molecule has 6 nitrogen and oxygen atoms in total. The molecule has 6 heteroatoms. The Morgan fingerprint density at radius 1 is 1.16 bits per heavy atom. The second-order valence-electron chi connectivity index (χ2n) is 6.73. The molecular weight excluding hydrogens is 318 g/mol. The lowest BCUT2D eigenvalue weighted by Gasteiger charge is -2.26. The molecule has 25 heavy (non-hydrogen) atoms. The van der Waals surface area contributed by atoms with Crippen LogP contribution in [0, 0.1) is 6.92 Å². The minimum absolute atomic E-state index is 0.167. The molecule has 3 heterocycles. The summed E-state index contributed by atoms with van der Waals surface area (Å²) in [5.74, 6) is 1.73. The largest absolute Gasteiger partial charge is 0.486 e. The smallest absolute Gasteiger partial charge is 0.161 e. The van der Waals surface area contributed by atoms with E-state index in [9.17, 15) is 0 Å². The lowest BCUT2D eigenvalue weighted by molar-refractivity contribution is 0.0391. The predicted octanol–water partition coefficient (Wildman–Crippen LogP) is 2.25. The van der Waals surface area contributed by atoms with Crippen LogP contribution < -0.4 is 9.47 Å². The second kappa shape index (κ2) is 7.45. The van der Waals surface area contributed by atoms with E-state index in [0.29, 0.717) is 13.2 Å². The van der Waals surface area contributed by atoms with Gasteiger partial charge in [-0.05, 0) is 42.7 Å². The van der Waals surface area contributed by atoms with Crippen LogP contribution in [0.15, 0.2) is 30.6 Å². The van der Waals surface area contributed by atoms with Crippen molar-refractivity contribution < 1.29 is 14.2 Å². The number of aryl methyl sites for hydroxylation is 1. The number of hydrogen-bond acceptors (Lipinski definition) is 5. The summed E-state index contributed by atoms with van der Waals surface area (Å²) in [4.78, 5) is 2.47. The monoisotopic (exact) mass is 343 g/mol. The standard InChI is InChI=1S/C19H25N3O3/c1-15-10-18-19(25-9-8-24-18)11-16(15)12-21-5-3-7-23-17(13-21)14-22-6-2-4-20-22/h2,4,6,10-11,17H,3,5,7-9,12-14H2,1H3. The molecule has 0 bridgehead atoms. The van der Waals surface area contributed by atoms with Crippen molar-refractivity contribution in [1.82, 2.24) is 14.7 Å². The quantitative estimate of drug-likeness (QED) is 0.852. The minimum Gasteiger partial charge on any atom is -0.486 e. The minimum atomic E-state index is 0.167. The van der Waals surface area contributed by atoms with E-state index >= 15 is 0 Å². The van der Waals surface area contributed by atoms with Gasteiger partial charge in [-0.25, -0.2) is 0 Å². The number of ether oxygens (including phenoxy) is 3. The summed E-state index contributed by atoms with van der Waals surface area (Å²) in [6, 6.07) is 6.18. The Balaban J connectivity index is 1.45. The molecule has 1 fully saturated rings. The Bertz CT molecular complexity index is 702. The fourth-order valence-corrected chi connectivity index (χ4v) is 3.49. The maximum absolute atomic E-state index is 6.02. The van der Waals surface area contributed by atoms with Crippen LogP contribution in [0.25, 0.3) is 0 Å². The average molecular weight is 343 g/mol. The molecule has 0 amide bonds. The summed E-state index contributed by atoms with van der Waals surface area (Å²) in [6.45, 7) is 7.86. The van der Waals surface area contributed by atoms with Gasteiger partial charge in [-0.3, -0.25) is 9.58 Å². The first-order chi connectivity index (χ1) is 12.3. The van der Waals surface area contributed by atoms with Gasteiger partial charge in [0.05, 0.1) is 12.6 Å². The molecule has 2 aromatic rings. The van der Waals surface area contributed by atoms with Crippen molar-refractivity contribution in [2.45, 2.75) is 32.5 Å². The summed E-state index contributed by atoms with van der Waals surface area (Å²) < 4.78 is 19.4. The van der Waals surface area contributed by atoms with E-state index in [1.807, 2.05) is 23.1 Å². The van der Waals surface area contributed by atoms with Crippen LogP contribution in [-0.4, -0.2) is 53.7 Å². The fourth-order valence-electron chi connectivity index (χ4n) is 3.49. The molecule has 1 unspecified atom stereocenters. The molecule has 0 saturated carbocycles. The molecular formula is C19H25N3O3. The molecule has 1 aromatic carbocycles. The van der Waals surface area contributed by atoms with Crippen LogP contribution in [-0.2, 0) is 17.8 Å². The zero-order valence-corrected chi connectivity index (χ0v) is 14.7. The van der Waals surface area contributed by atoms with Gasteiger partial charge in [0.15, 0.2) is 11.5 Å². The van der Waals surface area contributed by atoms with Gasteiger partial charge in [-0.1, -0.05) is 0 Å². The van der Waals surface area contributed by atoms with Crippen molar-refractivity contribution in [3.05, 3.63) is 41.7 Å². The number of benzene rings is 1. The first-order valence-electron chi connectivity index (χ1n) is 8.98. The van der Waals surface area contributed by atoms with Crippen LogP contribution in [0.4, 0.5) is 0 Å². The van der Waals surface area contributed by atoms with Crippen molar-refractivity contribution in [3.8, 4) is 11.5 Å². The number of hydrogen-bond donors (Lipinski definition) is 0. The van der Waals surface area contributed by atoms with Gasteiger partial charge in [-0.15, -0.1) is 0 Å². The molecule has 2 aliphatic heterocycles. The Morgan fingerprint density at radius 3 is 2.80 bits per heavy atom. The normalized spacial score (nSPS) is 21.1. The van der Waals surface area contributed by atoms with Crippen LogP contribution in [0.3, 0.4) is 0 Å². The zero-order chi connectivity index (χ0) is 17.1. The number of aromatic nitrogens is 2. The highest BCUT2D eigenvalue weighted by Gasteiger charge is 2.21. The summed E-state index contributed by atoms with van der Waals surface area (Å²) >= 11 is 0. The summed E-state index contributed by atoms with van der Waals surface area (Å²) in [7, 11) is 0. The van der Waals surface area contributed by atoms with Gasteiger partial charge in [0.25, 0.3) is 0 Å². The van der Waals surface area contributed by atoms with Gasteiger partial charge in [0.2, 0.25) is 0 Å². The molecule has 0 N–H and O–H groups in total. The Hall–Kier alpha value is -2.05. The molecule has 4 rings (SSSR count). The molecule has 1 saturated heterocycles. The Kier molecular flexibility index (Phi) is 4.90. The lowest BCUT2D eigenvalue weighted by atomic mass is 10.1. The molecule has 1 atom stereocenters. The van der Waals surface area contributed by atoms with Gasteiger partial charge < -0.3 is 14.2 Å². The third-order valence-electron chi connectivity index (χ3n) is 4.78. The zero-order valence-electron chi connectivity index (χ0n) is 14.7. The average Bonchev–Trinajstić information content (AvgIpc) is 3.02. The number of fused-ring (bicyclic) bond motifs is 1. The first kappa shape index (κ1) is 16.4. The second-order valence-corrected chi connectivity index (χ2v) is 6.73. The van der Waals surface area contributed by atoms with Crippen LogP contribution in [0.5, 0.6) is 11.5 Å². The highest BCUT2D eigenvalue weighted by Crippen LogP contribution is 2.33. The summed E-state index contributed by atoms with van der Waals surface area (Å²) in [5, 5.41) is 4.30. The van der Waals surface area contributed by atoms with E-state index in [-0.39, 0.29) is 6.10 Å². The van der Waals surface area contributed by atoms with E-state index in [0.717, 1.165) is 50.7 Å². The third-order valence-corrected chi connectivity index (χ3v) is 4.78. The van der Waals surface area contributed by atoms with Crippen molar-refractivity contribution in [3.63, 3.8) is 0 Å². The van der Waals surface area contributed by atoms with E-state index < -0.39 is 0 Å². The van der Waals surface area contributed by atoms with E-state index in [1.54, 1.807) is 0 Å². The number of rotatable bonds is 4. The predicted molar refractivity (Wildman–Crippen MR) is 94.0 cm³/mol. The highest BCUT2D eigenvalue weighted by atomic mass is 16.6. The first-order valence-corrected chi connectivity index (χ1v) is 8.98. The summed E-state index contributed by atoms with van der Waals surface area (Å²) in [5.41, 5.74) is 2.54. The van der Waals surface area contributed by atoms with E-state index in [2.05, 4.69) is 29.1 Å². The third kappa shape index (κ3) is 3.96. The van der Waals surface area contributed by atoms with Gasteiger partial charge in [0, 0.05) is 38.6 Å². The molecule has 2 aliphatic rings. The van der Waals surface area contributed by atoms with Crippen molar-refractivity contribution in [2.24, 2.45) is 0 Å². The maximum atomic E-state index is 6.02. The topological polar surface area (TPSA) is 48.8 Å². The Morgan fingerprint density at radius 2 is 2.00 bits per heavy atom. The van der Waals surface area contributed by atoms with Crippen LogP contribution in [0.1, 0.15) is 17.5 Å². The molecule has 0 radical (unpaired) electrons. The van der Waals surface area contributed by atoms with Crippen LogP contribution >= 0.6 is 0 Å². The molecule has 1 aromatic heterocycles. The SMILES string of the molecule is Cc1cc2c(cc1CN1CCCOC(Cn3cccn3)C1)OCCO2. The van der Waals surface area contributed by atoms with Gasteiger partial charge in [0.1, 0.15) is 13.2 Å². The number of nitrogens with zero attached hydrogens (tertiary/aromatic N) is 3. The van der Waals surface area contributed by atoms with Gasteiger partial charge >= 0.3 is 0 Å². The van der Waals surface area contributed by atoms with Gasteiger partial charge in [-0.2, -0.15) is 5.10 Å².